The Kier molecular flexibility index (Phi) is 4.59. The highest BCUT2D eigenvalue weighted by Crippen LogP contribution is 2.13. The van der Waals surface area contributed by atoms with Crippen molar-refractivity contribution in [2.75, 3.05) is 13.1 Å². The molecule has 1 saturated heterocycles. The highest BCUT2D eigenvalue weighted by Gasteiger charge is 2.20. The molecule has 2 N–H and O–H groups in total. The summed E-state index contributed by atoms with van der Waals surface area (Å²) in [6.45, 7) is 9.49. The Hall–Kier alpha value is -0.770. The molecule has 1 aliphatic heterocycles. The van der Waals surface area contributed by atoms with Crippen LogP contribution in [0.4, 0.5) is 4.79 Å². The van der Waals surface area contributed by atoms with E-state index in [2.05, 4.69) is 17.6 Å². The molecular weight excluding hydrogens is 204 g/mol. The van der Waals surface area contributed by atoms with Gasteiger partial charge in [-0.2, -0.15) is 0 Å². The number of rotatable bonds is 2. The van der Waals surface area contributed by atoms with Gasteiger partial charge in [0.15, 0.2) is 0 Å². The van der Waals surface area contributed by atoms with Crippen molar-refractivity contribution in [2.24, 2.45) is 5.92 Å². The minimum atomic E-state index is -0.413. The van der Waals surface area contributed by atoms with Crippen molar-refractivity contribution in [1.29, 1.82) is 0 Å². The van der Waals surface area contributed by atoms with E-state index >= 15 is 0 Å². The van der Waals surface area contributed by atoms with E-state index < -0.39 is 5.60 Å². The number of hydrogen-bond acceptors (Lipinski definition) is 3. The Morgan fingerprint density at radius 2 is 2.12 bits per heavy atom. The molecule has 0 bridgehead atoms. The van der Waals surface area contributed by atoms with Gasteiger partial charge in [0.2, 0.25) is 0 Å². The Morgan fingerprint density at radius 3 is 2.62 bits per heavy atom. The summed E-state index contributed by atoms with van der Waals surface area (Å²) in [6.07, 6.45) is 2.04. The molecule has 1 heterocycles. The van der Waals surface area contributed by atoms with Gasteiger partial charge in [-0.05, 0) is 53.0 Å². The first-order valence-corrected chi connectivity index (χ1v) is 6.07. The maximum absolute atomic E-state index is 11.4. The smallest absolute Gasteiger partial charge is 0.407 e. The fraction of sp³-hybridized carbons (Fsp3) is 0.917. The first-order valence-electron chi connectivity index (χ1n) is 6.07. The molecule has 1 rings (SSSR count). The van der Waals surface area contributed by atoms with Crippen molar-refractivity contribution in [2.45, 2.75) is 52.2 Å². The molecule has 2 atom stereocenters. The third-order valence-electron chi connectivity index (χ3n) is 2.70. The zero-order chi connectivity index (χ0) is 12.2. The molecule has 0 spiro atoms. The van der Waals surface area contributed by atoms with Gasteiger partial charge in [-0.3, -0.25) is 0 Å². The van der Waals surface area contributed by atoms with Gasteiger partial charge in [-0.15, -0.1) is 0 Å². The molecule has 1 amide bonds. The number of nitrogens with one attached hydrogen (secondary N) is 2. The van der Waals surface area contributed by atoms with Gasteiger partial charge in [0, 0.05) is 12.6 Å². The van der Waals surface area contributed by atoms with E-state index in [1.807, 2.05) is 20.8 Å². The maximum Gasteiger partial charge on any atom is 0.407 e. The zero-order valence-electron chi connectivity index (χ0n) is 10.8. The molecule has 0 aliphatic carbocycles. The van der Waals surface area contributed by atoms with Gasteiger partial charge in [-0.1, -0.05) is 0 Å². The fourth-order valence-electron chi connectivity index (χ4n) is 1.77. The van der Waals surface area contributed by atoms with Crippen molar-refractivity contribution in [1.82, 2.24) is 10.6 Å². The van der Waals surface area contributed by atoms with E-state index in [0.29, 0.717) is 18.5 Å². The quantitative estimate of drug-likeness (QED) is 0.759. The maximum atomic E-state index is 11.4. The van der Waals surface area contributed by atoms with Crippen LogP contribution >= 0.6 is 0 Å². The lowest BCUT2D eigenvalue weighted by atomic mass is 9.95. The fourth-order valence-corrected chi connectivity index (χ4v) is 1.77. The SMILES string of the molecule is C[C@@H]1CC[C@@H](CNC(=O)OC(C)(C)C)CN1. The van der Waals surface area contributed by atoms with E-state index in [0.717, 1.165) is 6.54 Å². The summed E-state index contributed by atoms with van der Waals surface area (Å²) in [6, 6.07) is 0.609. The molecular formula is C12H24N2O2. The van der Waals surface area contributed by atoms with Crippen molar-refractivity contribution in [3.63, 3.8) is 0 Å². The molecule has 0 aromatic heterocycles. The summed E-state index contributed by atoms with van der Waals surface area (Å²) in [7, 11) is 0. The van der Waals surface area contributed by atoms with E-state index in [1.54, 1.807) is 0 Å². The zero-order valence-corrected chi connectivity index (χ0v) is 10.8. The molecule has 1 fully saturated rings. The van der Waals surface area contributed by atoms with Crippen LogP contribution in [0.2, 0.25) is 0 Å². The van der Waals surface area contributed by atoms with Gasteiger partial charge >= 0.3 is 6.09 Å². The molecule has 4 nitrogen and oxygen atoms in total. The van der Waals surface area contributed by atoms with Gasteiger partial charge in [0.1, 0.15) is 5.60 Å². The van der Waals surface area contributed by atoms with Crippen LogP contribution in [-0.2, 0) is 4.74 Å². The Labute approximate surface area is 98.1 Å². The van der Waals surface area contributed by atoms with E-state index in [4.69, 9.17) is 4.74 Å². The summed E-state index contributed by atoms with van der Waals surface area (Å²) in [5.74, 6) is 0.531. The van der Waals surface area contributed by atoms with Crippen molar-refractivity contribution in [3.8, 4) is 0 Å². The van der Waals surface area contributed by atoms with Crippen LogP contribution in [0.3, 0.4) is 0 Å². The topological polar surface area (TPSA) is 50.4 Å². The summed E-state index contributed by atoms with van der Waals surface area (Å²) in [5.41, 5.74) is -0.413. The van der Waals surface area contributed by atoms with E-state index in [9.17, 15) is 4.79 Å². The lowest BCUT2D eigenvalue weighted by molar-refractivity contribution is 0.0516. The molecule has 1 aliphatic rings. The second-order valence-electron chi connectivity index (χ2n) is 5.64. The van der Waals surface area contributed by atoms with Gasteiger partial charge < -0.3 is 15.4 Å². The van der Waals surface area contributed by atoms with Crippen LogP contribution in [0.15, 0.2) is 0 Å². The lowest BCUT2D eigenvalue weighted by Crippen LogP contribution is -2.43. The number of hydrogen-bond donors (Lipinski definition) is 2. The standard InChI is InChI=1S/C12H24N2O2/c1-9-5-6-10(7-13-9)8-14-11(15)16-12(2,3)4/h9-10,13H,5-8H2,1-4H3,(H,14,15)/t9-,10-/m1/s1. The van der Waals surface area contributed by atoms with Crippen molar-refractivity contribution in [3.05, 3.63) is 0 Å². The predicted octanol–water partition coefficient (Wildman–Crippen LogP) is 1.90. The Bertz CT molecular complexity index is 228. The number of carbonyl (C=O) groups excluding carboxylic acids is 1. The van der Waals surface area contributed by atoms with Crippen molar-refractivity contribution >= 4 is 6.09 Å². The average Bonchev–Trinajstić information content (AvgIpc) is 2.14. The predicted molar refractivity (Wildman–Crippen MR) is 64.4 cm³/mol. The Balaban J connectivity index is 2.17. The third kappa shape index (κ3) is 5.35. The molecule has 0 saturated carbocycles. The minimum Gasteiger partial charge on any atom is -0.444 e. The third-order valence-corrected chi connectivity index (χ3v) is 2.70. The lowest BCUT2D eigenvalue weighted by Gasteiger charge is -2.28. The van der Waals surface area contributed by atoms with Gasteiger partial charge in [0.05, 0.1) is 0 Å². The summed E-state index contributed by atoms with van der Waals surface area (Å²) in [4.78, 5) is 11.4. The van der Waals surface area contributed by atoms with Crippen LogP contribution in [-0.4, -0.2) is 30.8 Å². The molecule has 0 radical (unpaired) electrons. The van der Waals surface area contributed by atoms with Crippen LogP contribution in [0.5, 0.6) is 0 Å². The number of piperidine rings is 1. The number of ether oxygens (including phenoxy) is 1. The number of amides is 1. The van der Waals surface area contributed by atoms with Crippen LogP contribution in [0, 0.1) is 5.92 Å². The summed E-state index contributed by atoms with van der Waals surface area (Å²) in [5, 5.41) is 6.23. The summed E-state index contributed by atoms with van der Waals surface area (Å²) < 4.78 is 5.18. The van der Waals surface area contributed by atoms with Gasteiger partial charge in [0.25, 0.3) is 0 Å². The largest absolute Gasteiger partial charge is 0.444 e. The number of carbonyl (C=O) groups is 1. The molecule has 94 valence electrons. The average molecular weight is 228 g/mol. The van der Waals surface area contributed by atoms with Crippen LogP contribution in [0.1, 0.15) is 40.5 Å². The molecule has 0 aromatic carbocycles. The minimum absolute atomic E-state index is 0.314. The number of alkyl carbamates (subject to hydrolysis) is 1. The van der Waals surface area contributed by atoms with Gasteiger partial charge in [-0.25, -0.2) is 4.79 Å². The normalized spacial score (nSPS) is 26.2. The van der Waals surface area contributed by atoms with E-state index in [1.165, 1.54) is 12.8 Å². The molecule has 0 aromatic rings. The molecule has 4 heteroatoms. The molecule has 0 unspecified atom stereocenters. The van der Waals surface area contributed by atoms with Crippen molar-refractivity contribution < 1.29 is 9.53 Å². The van der Waals surface area contributed by atoms with Crippen LogP contribution < -0.4 is 10.6 Å². The first kappa shape index (κ1) is 13.3. The second kappa shape index (κ2) is 5.53. The second-order valence-corrected chi connectivity index (χ2v) is 5.64. The highest BCUT2D eigenvalue weighted by molar-refractivity contribution is 5.67. The highest BCUT2D eigenvalue weighted by atomic mass is 16.6. The summed E-state index contributed by atoms with van der Waals surface area (Å²) >= 11 is 0. The van der Waals surface area contributed by atoms with Crippen LogP contribution in [0.25, 0.3) is 0 Å². The molecule has 16 heavy (non-hydrogen) atoms. The van der Waals surface area contributed by atoms with E-state index in [-0.39, 0.29) is 6.09 Å². The first-order chi connectivity index (χ1) is 7.37. The Morgan fingerprint density at radius 1 is 1.44 bits per heavy atom. The monoisotopic (exact) mass is 228 g/mol.